The third kappa shape index (κ3) is 1.95. The molecule has 0 fully saturated rings. The molecule has 0 saturated carbocycles. The second-order valence-corrected chi connectivity index (χ2v) is 4.43. The summed E-state index contributed by atoms with van der Waals surface area (Å²) in [6.07, 6.45) is 1.61. The van der Waals surface area contributed by atoms with Gasteiger partial charge >= 0.3 is 0 Å². The molecule has 0 saturated heterocycles. The number of ether oxygens (including phenoxy) is 1. The number of nitrogens with two attached hydrogens (primary N) is 1. The van der Waals surface area contributed by atoms with Crippen LogP contribution >= 0.6 is 15.9 Å². The number of benzene rings is 1. The molecule has 0 amide bonds. The fraction of sp³-hybridized carbons (Fsp3) is 0.182. The standard InChI is InChI=1S/C11H12BrN3O2/c1-15-11(13)7(5-14-15)6-3-10(17-2)8(12)4-9(6)16/h3-5,16H,13H2,1-2H3. The van der Waals surface area contributed by atoms with Gasteiger partial charge in [-0.15, -0.1) is 0 Å². The Kier molecular flexibility index (Phi) is 2.97. The second-order valence-electron chi connectivity index (χ2n) is 3.57. The lowest BCUT2D eigenvalue weighted by atomic mass is 10.1. The van der Waals surface area contributed by atoms with Crippen molar-refractivity contribution in [3.8, 4) is 22.6 Å². The molecule has 90 valence electrons. The van der Waals surface area contributed by atoms with E-state index >= 15 is 0 Å². The fourth-order valence-corrected chi connectivity index (χ4v) is 2.06. The molecule has 3 N–H and O–H groups in total. The third-order valence-corrected chi connectivity index (χ3v) is 3.16. The van der Waals surface area contributed by atoms with E-state index in [2.05, 4.69) is 21.0 Å². The van der Waals surface area contributed by atoms with Crippen LogP contribution in [-0.2, 0) is 7.05 Å². The Bertz CT molecular complexity index is 566. The number of rotatable bonds is 2. The topological polar surface area (TPSA) is 73.3 Å². The van der Waals surface area contributed by atoms with Crippen LogP contribution in [0.5, 0.6) is 11.5 Å². The number of phenols is 1. The summed E-state index contributed by atoms with van der Waals surface area (Å²) in [5, 5.41) is 14.0. The summed E-state index contributed by atoms with van der Waals surface area (Å²) in [4.78, 5) is 0. The molecule has 17 heavy (non-hydrogen) atoms. The monoisotopic (exact) mass is 297 g/mol. The first kappa shape index (κ1) is 11.8. The number of hydrogen-bond acceptors (Lipinski definition) is 4. The predicted octanol–water partition coefficient (Wildman–Crippen LogP) is 2.15. The highest BCUT2D eigenvalue weighted by molar-refractivity contribution is 9.10. The second kappa shape index (κ2) is 4.29. The number of nitrogens with zero attached hydrogens (tertiary/aromatic N) is 2. The first-order valence-electron chi connectivity index (χ1n) is 4.89. The molecule has 0 aliphatic rings. The van der Waals surface area contributed by atoms with Gasteiger partial charge in [0.25, 0.3) is 0 Å². The molecule has 6 heteroatoms. The lowest BCUT2D eigenvalue weighted by Gasteiger charge is -2.09. The molecule has 2 aromatic rings. The van der Waals surface area contributed by atoms with Crippen LogP contribution < -0.4 is 10.5 Å². The zero-order chi connectivity index (χ0) is 12.6. The summed E-state index contributed by atoms with van der Waals surface area (Å²) in [6, 6.07) is 3.29. The Morgan fingerprint density at radius 1 is 1.41 bits per heavy atom. The summed E-state index contributed by atoms with van der Waals surface area (Å²) in [6.45, 7) is 0. The van der Waals surface area contributed by atoms with Gasteiger partial charge in [-0.25, -0.2) is 0 Å². The van der Waals surface area contributed by atoms with E-state index in [1.807, 2.05) is 0 Å². The average molecular weight is 298 g/mol. The Morgan fingerprint density at radius 2 is 2.12 bits per heavy atom. The van der Waals surface area contributed by atoms with E-state index in [9.17, 15) is 5.11 Å². The molecule has 1 heterocycles. The predicted molar refractivity (Wildman–Crippen MR) is 69.0 cm³/mol. The molecule has 1 aromatic heterocycles. The summed E-state index contributed by atoms with van der Waals surface area (Å²) in [7, 11) is 3.31. The molecule has 0 aliphatic heterocycles. The normalized spacial score (nSPS) is 10.5. The highest BCUT2D eigenvalue weighted by atomic mass is 79.9. The van der Waals surface area contributed by atoms with Crippen LogP contribution in [0.3, 0.4) is 0 Å². The van der Waals surface area contributed by atoms with Crippen molar-refractivity contribution in [3.05, 3.63) is 22.8 Å². The minimum absolute atomic E-state index is 0.123. The number of hydrogen-bond donors (Lipinski definition) is 2. The Balaban J connectivity index is 2.63. The number of halogens is 1. The van der Waals surface area contributed by atoms with Gasteiger partial charge in [0.2, 0.25) is 0 Å². The number of aromatic hydroxyl groups is 1. The van der Waals surface area contributed by atoms with Crippen molar-refractivity contribution >= 4 is 21.7 Å². The molecule has 5 nitrogen and oxygen atoms in total. The van der Waals surface area contributed by atoms with Gasteiger partial charge < -0.3 is 15.6 Å². The van der Waals surface area contributed by atoms with Crippen LogP contribution in [0.1, 0.15) is 0 Å². The highest BCUT2D eigenvalue weighted by Crippen LogP contribution is 2.39. The fourth-order valence-electron chi connectivity index (χ4n) is 1.57. The van der Waals surface area contributed by atoms with Gasteiger partial charge in [-0.2, -0.15) is 5.10 Å². The highest BCUT2D eigenvalue weighted by Gasteiger charge is 2.14. The summed E-state index contributed by atoms with van der Waals surface area (Å²) in [5.41, 5.74) is 7.14. The lowest BCUT2D eigenvalue weighted by Crippen LogP contribution is -1.98. The average Bonchev–Trinajstić information content (AvgIpc) is 2.61. The van der Waals surface area contributed by atoms with Crippen molar-refractivity contribution < 1.29 is 9.84 Å². The molecule has 2 rings (SSSR count). The number of phenolic OH excluding ortho intramolecular Hbond substituents is 1. The number of anilines is 1. The van der Waals surface area contributed by atoms with Gasteiger partial charge in [0.1, 0.15) is 17.3 Å². The summed E-state index contributed by atoms with van der Waals surface area (Å²) < 4.78 is 7.41. The number of aryl methyl sites for hydroxylation is 1. The third-order valence-electron chi connectivity index (χ3n) is 2.54. The van der Waals surface area contributed by atoms with Gasteiger partial charge in [-0.05, 0) is 28.1 Å². The number of aromatic nitrogens is 2. The van der Waals surface area contributed by atoms with Gasteiger partial charge in [-0.3, -0.25) is 4.68 Å². The molecular formula is C11H12BrN3O2. The number of nitrogen functional groups attached to an aromatic ring is 1. The minimum Gasteiger partial charge on any atom is -0.507 e. The van der Waals surface area contributed by atoms with Gasteiger partial charge in [0, 0.05) is 18.2 Å². The van der Waals surface area contributed by atoms with Crippen molar-refractivity contribution in [2.45, 2.75) is 0 Å². The Morgan fingerprint density at radius 3 is 2.65 bits per heavy atom. The van der Waals surface area contributed by atoms with Gasteiger partial charge in [0.05, 0.1) is 17.8 Å². The first-order valence-corrected chi connectivity index (χ1v) is 5.68. The summed E-state index contributed by atoms with van der Waals surface area (Å²) in [5.74, 6) is 1.24. The van der Waals surface area contributed by atoms with Crippen molar-refractivity contribution in [2.24, 2.45) is 7.05 Å². The van der Waals surface area contributed by atoms with Crippen LogP contribution in [0.25, 0.3) is 11.1 Å². The van der Waals surface area contributed by atoms with E-state index in [0.29, 0.717) is 27.2 Å². The van der Waals surface area contributed by atoms with Crippen LogP contribution in [0, 0.1) is 0 Å². The van der Waals surface area contributed by atoms with Crippen LogP contribution in [0.2, 0.25) is 0 Å². The van der Waals surface area contributed by atoms with Crippen LogP contribution in [-0.4, -0.2) is 22.0 Å². The van der Waals surface area contributed by atoms with Crippen molar-refractivity contribution in [2.75, 3.05) is 12.8 Å². The minimum atomic E-state index is 0.123. The smallest absolute Gasteiger partial charge is 0.133 e. The summed E-state index contributed by atoms with van der Waals surface area (Å²) >= 11 is 3.30. The Hall–Kier alpha value is -1.69. The van der Waals surface area contributed by atoms with Crippen molar-refractivity contribution in [3.63, 3.8) is 0 Å². The first-order chi connectivity index (χ1) is 8.04. The molecule has 0 spiro atoms. The van der Waals surface area contributed by atoms with E-state index in [0.717, 1.165) is 0 Å². The quantitative estimate of drug-likeness (QED) is 0.891. The zero-order valence-electron chi connectivity index (χ0n) is 9.44. The van der Waals surface area contributed by atoms with E-state index in [-0.39, 0.29) is 5.75 Å². The van der Waals surface area contributed by atoms with Gasteiger partial charge in [-0.1, -0.05) is 0 Å². The maximum Gasteiger partial charge on any atom is 0.133 e. The van der Waals surface area contributed by atoms with Crippen molar-refractivity contribution in [1.82, 2.24) is 9.78 Å². The van der Waals surface area contributed by atoms with E-state index in [4.69, 9.17) is 10.5 Å². The largest absolute Gasteiger partial charge is 0.507 e. The molecular weight excluding hydrogens is 286 g/mol. The molecule has 0 aliphatic carbocycles. The van der Waals surface area contributed by atoms with Crippen LogP contribution in [0.4, 0.5) is 5.82 Å². The molecule has 1 aromatic carbocycles. The molecule has 0 atom stereocenters. The lowest BCUT2D eigenvalue weighted by molar-refractivity contribution is 0.410. The SMILES string of the molecule is COc1cc(-c2cnn(C)c2N)c(O)cc1Br. The maximum absolute atomic E-state index is 9.92. The van der Waals surface area contributed by atoms with E-state index in [1.54, 1.807) is 37.2 Å². The van der Waals surface area contributed by atoms with Crippen molar-refractivity contribution in [1.29, 1.82) is 0 Å². The van der Waals surface area contributed by atoms with E-state index in [1.165, 1.54) is 0 Å². The molecule has 0 unspecified atom stereocenters. The molecule has 0 radical (unpaired) electrons. The number of methoxy groups -OCH3 is 1. The molecule has 0 bridgehead atoms. The maximum atomic E-state index is 9.92. The van der Waals surface area contributed by atoms with E-state index < -0.39 is 0 Å². The Labute approximate surface area is 107 Å². The van der Waals surface area contributed by atoms with Gasteiger partial charge in [0.15, 0.2) is 0 Å². The zero-order valence-corrected chi connectivity index (χ0v) is 11.0. The van der Waals surface area contributed by atoms with Crippen LogP contribution in [0.15, 0.2) is 22.8 Å².